The summed E-state index contributed by atoms with van der Waals surface area (Å²) < 4.78 is 40.6. The number of nitrogens with one attached hydrogen (secondary N) is 1. The second-order valence-corrected chi connectivity index (χ2v) is 11.3. The van der Waals surface area contributed by atoms with Crippen molar-refractivity contribution >= 4 is 43.5 Å². The first kappa shape index (κ1) is 28.3. The number of hydrogen-bond acceptors (Lipinski definition) is 4. The van der Waals surface area contributed by atoms with E-state index in [-0.39, 0.29) is 24.6 Å². The van der Waals surface area contributed by atoms with Gasteiger partial charge in [-0.25, -0.2) is 12.8 Å². The number of nitrogens with zero attached hydrogens (tertiary/aromatic N) is 2. The highest BCUT2D eigenvalue weighted by Gasteiger charge is 2.32. The lowest BCUT2D eigenvalue weighted by Crippen LogP contribution is -2.53. The van der Waals surface area contributed by atoms with Gasteiger partial charge in [0, 0.05) is 24.0 Å². The molecule has 37 heavy (non-hydrogen) atoms. The molecule has 0 fully saturated rings. The van der Waals surface area contributed by atoms with Crippen LogP contribution in [-0.4, -0.2) is 50.5 Å². The van der Waals surface area contributed by atoms with Gasteiger partial charge in [-0.15, -0.1) is 0 Å². The second-order valence-electron chi connectivity index (χ2n) is 8.49. The Morgan fingerprint density at radius 3 is 2.14 bits per heavy atom. The van der Waals surface area contributed by atoms with E-state index in [0.717, 1.165) is 38.3 Å². The third kappa shape index (κ3) is 8.13. The Morgan fingerprint density at radius 2 is 1.57 bits per heavy atom. The van der Waals surface area contributed by atoms with Crippen molar-refractivity contribution in [3.63, 3.8) is 0 Å². The summed E-state index contributed by atoms with van der Waals surface area (Å²) in [5.74, 6) is -1.44. The smallest absolute Gasteiger partial charge is 0.244 e. The van der Waals surface area contributed by atoms with Gasteiger partial charge in [0.1, 0.15) is 18.4 Å². The maximum absolute atomic E-state index is 13.8. The average Bonchev–Trinajstić information content (AvgIpc) is 2.86. The van der Waals surface area contributed by atoms with Crippen molar-refractivity contribution in [3.05, 3.63) is 100 Å². The molecular weight excluding hydrogens is 561 g/mol. The van der Waals surface area contributed by atoms with E-state index in [1.54, 1.807) is 6.92 Å². The molecule has 0 unspecified atom stereocenters. The number of amides is 2. The molecule has 196 valence electrons. The van der Waals surface area contributed by atoms with Gasteiger partial charge in [0.15, 0.2) is 0 Å². The summed E-state index contributed by atoms with van der Waals surface area (Å²) in [5.41, 5.74) is 1.77. The zero-order valence-electron chi connectivity index (χ0n) is 20.6. The van der Waals surface area contributed by atoms with Gasteiger partial charge in [0.2, 0.25) is 21.8 Å². The topological polar surface area (TPSA) is 86.8 Å². The second kappa shape index (κ2) is 12.8. The molecule has 0 aliphatic rings. The van der Waals surface area contributed by atoms with E-state index >= 15 is 0 Å². The minimum Gasteiger partial charge on any atom is -0.355 e. The number of hydrogen-bond donors (Lipinski definition) is 1. The summed E-state index contributed by atoms with van der Waals surface area (Å²) >= 11 is 3.40. The lowest BCUT2D eigenvalue weighted by Gasteiger charge is -2.33. The first-order valence-electron chi connectivity index (χ1n) is 11.7. The number of carbonyl (C=O) groups is 2. The van der Waals surface area contributed by atoms with Gasteiger partial charge in [-0.3, -0.25) is 13.9 Å². The first-order chi connectivity index (χ1) is 17.6. The molecule has 0 aliphatic carbocycles. The Bertz CT molecular complexity index is 1300. The van der Waals surface area contributed by atoms with E-state index in [4.69, 9.17) is 0 Å². The standard InChI is InChI=1S/C27H29BrFN3O4S/c1-3-30-27(34)25(17-20-7-5-4-6-8-20)31(18-21-9-11-22(28)12-10-21)26(33)19-32(37(2,35)36)24-15-13-23(29)14-16-24/h4-16,25H,3,17-19H2,1-2H3,(H,30,34)/t25-/m1/s1. The highest BCUT2D eigenvalue weighted by molar-refractivity contribution is 9.10. The Hall–Kier alpha value is -3.24. The molecule has 0 aromatic heterocycles. The lowest BCUT2D eigenvalue weighted by molar-refractivity contribution is -0.140. The minimum absolute atomic E-state index is 0.0851. The van der Waals surface area contributed by atoms with Crippen LogP contribution in [-0.2, 0) is 32.6 Å². The zero-order chi connectivity index (χ0) is 27.0. The maximum atomic E-state index is 13.8. The van der Waals surface area contributed by atoms with Crippen LogP contribution >= 0.6 is 15.9 Å². The van der Waals surface area contributed by atoms with Crippen molar-refractivity contribution in [3.8, 4) is 0 Å². The normalized spacial score (nSPS) is 12.0. The summed E-state index contributed by atoms with van der Waals surface area (Å²) in [4.78, 5) is 28.5. The third-order valence-electron chi connectivity index (χ3n) is 5.68. The first-order valence-corrected chi connectivity index (χ1v) is 14.3. The van der Waals surface area contributed by atoms with Gasteiger partial charge in [0.25, 0.3) is 0 Å². The quantitative estimate of drug-likeness (QED) is 0.364. The fourth-order valence-electron chi connectivity index (χ4n) is 3.85. The van der Waals surface area contributed by atoms with Crippen LogP contribution in [0, 0.1) is 5.82 Å². The monoisotopic (exact) mass is 589 g/mol. The van der Waals surface area contributed by atoms with Crippen LogP contribution in [0.1, 0.15) is 18.1 Å². The molecule has 3 aromatic rings. The number of rotatable bonds is 11. The molecule has 0 heterocycles. The summed E-state index contributed by atoms with van der Waals surface area (Å²) in [6, 6.07) is 20.6. The van der Waals surface area contributed by atoms with Gasteiger partial charge in [-0.05, 0) is 54.4 Å². The molecule has 3 aromatic carbocycles. The van der Waals surface area contributed by atoms with Crippen molar-refractivity contribution in [2.75, 3.05) is 23.7 Å². The largest absolute Gasteiger partial charge is 0.355 e. The number of anilines is 1. The van der Waals surface area contributed by atoms with E-state index < -0.39 is 34.3 Å². The number of halogens is 2. The molecule has 0 radical (unpaired) electrons. The minimum atomic E-state index is -3.90. The summed E-state index contributed by atoms with van der Waals surface area (Å²) in [6.07, 6.45) is 1.22. The SMILES string of the molecule is CCNC(=O)[C@@H](Cc1ccccc1)N(Cc1ccc(Br)cc1)C(=O)CN(c1ccc(F)cc1)S(C)(=O)=O. The average molecular weight is 591 g/mol. The fourth-order valence-corrected chi connectivity index (χ4v) is 4.97. The van der Waals surface area contributed by atoms with Gasteiger partial charge >= 0.3 is 0 Å². The summed E-state index contributed by atoms with van der Waals surface area (Å²) in [5, 5.41) is 2.80. The van der Waals surface area contributed by atoms with Crippen LogP contribution in [0.5, 0.6) is 0 Å². The van der Waals surface area contributed by atoms with Crippen molar-refractivity contribution in [1.29, 1.82) is 0 Å². The molecule has 0 saturated heterocycles. The summed E-state index contributed by atoms with van der Waals surface area (Å²) in [6.45, 7) is 1.70. The molecule has 1 atom stereocenters. The van der Waals surface area contributed by atoms with Gasteiger partial charge < -0.3 is 10.2 Å². The van der Waals surface area contributed by atoms with Crippen LogP contribution in [0.4, 0.5) is 10.1 Å². The van der Waals surface area contributed by atoms with Gasteiger partial charge in [-0.2, -0.15) is 0 Å². The molecule has 3 rings (SSSR count). The molecular formula is C27H29BrFN3O4S. The highest BCUT2D eigenvalue weighted by Crippen LogP contribution is 2.21. The number of carbonyl (C=O) groups excluding carboxylic acids is 2. The number of benzene rings is 3. The van der Waals surface area contributed by atoms with Crippen LogP contribution < -0.4 is 9.62 Å². The van der Waals surface area contributed by atoms with Crippen molar-refractivity contribution in [1.82, 2.24) is 10.2 Å². The maximum Gasteiger partial charge on any atom is 0.244 e. The van der Waals surface area contributed by atoms with E-state index in [1.165, 1.54) is 17.0 Å². The predicted octanol–water partition coefficient (Wildman–Crippen LogP) is 4.13. The van der Waals surface area contributed by atoms with E-state index in [2.05, 4.69) is 21.2 Å². The molecule has 0 aliphatic heterocycles. The van der Waals surface area contributed by atoms with Crippen LogP contribution in [0.2, 0.25) is 0 Å². The molecule has 10 heteroatoms. The molecule has 1 N–H and O–H groups in total. The molecule has 7 nitrogen and oxygen atoms in total. The lowest BCUT2D eigenvalue weighted by atomic mass is 10.0. The summed E-state index contributed by atoms with van der Waals surface area (Å²) in [7, 11) is -3.90. The molecule has 2 amide bonds. The molecule has 0 saturated carbocycles. The van der Waals surface area contributed by atoms with Crippen molar-refractivity contribution in [2.24, 2.45) is 0 Å². The van der Waals surface area contributed by atoms with Crippen LogP contribution in [0.3, 0.4) is 0 Å². The van der Waals surface area contributed by atoms with Crippen LogP contribution in [0.25, 0.3) is 0 Å². The van der Waals surface area contributed by atoms with Gasteiger partial charge in [-0.1, -0.05) is 58.4 Å². The van der Waals surface area contributed by atoms with Crippen molar-refractivity contribution < 1.29 is 22.4 Å². The van der Waals surface area contributed by atoms with E-state index in [1.807, 2.05) is 54.6 Å². The van der Waals surface area contributed by atoms with Crippen molar-refractivity contribution in [2.45, 2.75) is 25.9 Å². The Balaban J connectivity index is 2.02. The Morgan fingerprint density at radius 1 is 0.946 bits per heavy atom. The molecule has 0 spiro atoms. The van der Waals surface area contributed by atoms with E-state index in [9.17, 15) is 22.4 Å². The Kier molecular flexibility index (Phi) is 9.82. The Labute approximate surface area is 225 Å². The fraction of sp³-hybridized carbons (Fsp3) is 0.259. The zero-order valence-corrected chi connectivity index (χ0v) is 23.0. The number of sulfonamides is 1. The highest BCUT2D eigenvalue weighted by atomic mass is 79.9. The third-order valence-corrected chi connectivity index (χ3v) is 7.35. The molecule has 0 bridgehead atoms. The van der Waals surface area contributed by atoms with E-state index in [0.29, 0.717) is 6.54 Å². The van der Waals surface area contributed by atoms with Crippen LogP contribution in [0.15, 0.2) is 83.3 Å². The van der Waals surface area contributed by atoms with Gasteiger partial charge in [0.05, 0.1) is 11.9 Å². The predicted molar refractivity (Wildman–Crippen MR) is 146 cm³/mol. The number of likely N-dealkylation sites (N-methyl/N-ethyl adjacent to an activating group) is 1.